The van der Waals surface area contributed by atoms with Crippen molar-refractivity contribution in [2.45, 2.75) is 17.5 Å². The Balaban J connectivity index is 1.58. The van der Waals surface area contributed by atoms with E-state index >= 15 is 0 Å². The van der Waals surface area contributed by atoms with Gasteiger partial charge in [0.1, 0.15) is 0 Å². The third-order valence-electron chi connectivity index (χ3n) is 4.86. The summed E-state index contributed by atoms with van der Waals surface area (Å²) in [5.41, 5.74) is 0.404. The van der Waals surface area contributed by atoms with E-state index in [9.17, 15) is 21.6 Å². The fourth-order valence-electron chi connectivity index (χ4n) is 3.22. The minimum Gasteiger partial charge on any atom is -0.332 e. The number of hydrogen-bond acceptors (Lipinski definition) is 2. The predicted molar refractivity (Wildman–Crippen MR) is 95.9 cm³/mol. The Morgan fingerprint density at radius 2 is 1.52 bits per heavy atom. The first-order valence-electron chi connectivity index (χ1n) is 8.82. The molecule has 1 heterocycles. The third-order valence-corrected chi connectivity index (χ3v) is 6.77. The van der Waals surface area contributed by atoms with E-state index in [1.165, 1.54) is 14.8 Å². The summed E-state index contributed by atoms with van der Waals surface area (Å²) in [7, 11) is -3.76. The first-order chi connectivity index (χ1) is 12.8. The van der Waals surface area contributed by atoms with Gasteiger partial charge in [0.05, 0.1) is 43.2 Å². The molecule has 0 saturated carbocycles. The van der Waals surface area contributed by atoms with Crippen molar-refractivity contribution in [1.82, 2.24) is 4.31 Å². The van der Waals surface area contributed by atoms with Gasteiger partial charge < -0.3 is 4.90 Å². The van der Waals surface area contributed by atoms with Crippen LogP contribution in [0.4, 0.5) is 13.2 Å². The number of benzene rings is 2. The molecule has 0 bridgehead atoms. The number of nitrogens with zero attached hydrogens (tertiary/aromatic N) is 1. The highest BCUT2D eigenvalue weighted by atomic mass is 32.2. The molecule has 2 aromatic carbocycles. The Labute approximate surface area is 157 Å². The van der Waals surface area contributed by atoms with Crippen molar-refractivity contribution < 1.29 is 26.5 Å². The zero-order valence-electron chi connectivity index (χ0n) is 14.7. The molecule has 3 rings (SSSR count). The molecule has 1 saturated heterocycles. The highest BCUT2D eigenvalue weighted by Gasteiger charge is 2.33. The molecule has 146 valence electrons. The number of halogens is 3. The molecule has 0 aromatic heterocycles. The molecule has 1 aliphatic heterocycles. The molecule has 1 aliphatic rings. The van der Waals surface area contributed by atoms with Gasteiger partial charge in [0.15, 0.2) is 0 Å². The maximum absolute atomic E-state index is 12.7. The standard InChI is InChI=1S/C19H21F3N2O2S/c20-19(21,22)17-6-8-18(9-7-17)27(25,26)24-14-12-23(13-15-24)11-10-16-4-2-1-3-5-16/h1-9H,10-15H2/p+1. The van der Waals surface area contributed by atoms with Gasteiger partial charge in [0, 0.05) is 6.42 Å². The third kappa shape index (κ3) is 4.88. The van der Waals surface area contributed by atoms with Gasteiger partial charge in [-0.3, -0.25) is 0 Å². The van der Waals surface area contributed by atoms with Crippen LogP contribution >= 0.6 is 0 Å². The highest BCUT2D eigenvalue weighted by molar-refractivity contribution is 7.89. The summed E-state index contributed by atoms with van der Waals surface area (Å²) >= 11 is 0. The fraction of sp³-hybridized carbons (Fsp3) is 0.368. The number of piperazine rings is 1. The fourth-order valence-corrected chi connectivity index (χ4v) is 4.66. The summed E-state index contributed by atoms with van der Waals surface area (Å²) in [5, 5.41) is 0. The van der Waals surface area contributed by atoms with E-state index in [2.05, 4.69) is 12.1 Å². The number of rotatable bonds is 5. The number of hydrogen-bond donors (Lipinski definition) is 1. The molecular weight excluding hydrogens is 377 g/mol. The van der Waals surface area contributed by atoms with E-state index in [1.807, 2.05) is 18.2 Å². The van der Waals surface area contributed by atoms with Crippen LogP contribution in [-0.4, -0.2) is 45.4 Å². The Hall–Kier alpha value is -1.90. The van der Waals surface area contributed by atoms with Gasteiger partial charge >= 0.3 is 6.18 Å². The van der Waals surface area contributed by atoms with Crippen LogP contribution in [0, 0.1) is 0 Å². The lowest BCUT2D eigenvalue weighted by Gasteiger charge is -2.31. The second-order valence-electron chi connectivity index (χ2n) is 6.66. The van der Waals surface area contributed by atoms with Crippen LogP contribution in [-0.2, 0) is 22.6 Å². The summed E-state index contributed by atoms with van der Waals surface area (Å²) in [6, 6.07) is 13.8. The number of nitrogens with one attached hydrogen (secondary N) is 1. The van der Waals surface area contributed by atoms with E-state index in [4.69, 9.17) is 0 Å². The second kappa shape index (κ2) is 8.00. The van der Waals surface area contributed by atoms with Crippen LogP contribution in [0.1, 0.15) is 11.1 Å². The van der Waals surface area contributed by atoms with Crippen LogP contribution in [0.3, 0.4) is 0 Å². The van der Waals surface area contributed by atoms with Crippen molar-refractivity contribution in [2.24, 2.45) is 0 Å². The quantitative estimate of drug-likeness (QED) is 0.834. The molecule has 0 radical (unpaired) electrons. The van der Waals surface area contributed by atoms with Gasteiger partial charge in [-0.05, 0) is 29.8 Å². The van der Waals surface area contributed by atoms with Gasteiger partial charge in [0.25, 0.3) is 0 Å². The summed E-state index contributed by atoms with van der Waals surface area (Å²) in [4.78, 5) is 1.24. The van der Waals surface area contributed by atoms with Crippen LogP contribution < -0.4 is 4.90 Å². The molecule has 0 atom stereocenters. The highest BCUT2D eigenvalue weighted by Crippen LogP contribution is 2.30. The van der Waals surface area contributed by atoms with Gasteiger partial charge in [-0.25, -0.2) is 8.42 Å². The average Bonchev–Trinajstić information content (AvgIpc) is 2.67. The van der Waals surface area contributed by atoms with Crippen LogP contribution in [0.5, 0.6) is 0 Å². The summed E-state index contributed by atoms with van der Waals surface area (Å²) in [6.45, 7) is 3.04. The van der Waals surface area contributed by atoms with E-state index in [-0.39, 0.29) is 4.90 Å². The largest absolute Gasteiger partial charge is 0.416 e. The normalized spacial score (nSPS) is 17.1. The van der Waals surface area contributed by atoms with Gasteiger partial charge in [-0.1, -0.05) is 30.3 Å². The van der Waals surface area contributed by atoms with E-state index in [0.29, 0.717) is 26.2 Å². The van der Waals surface area contributed by atoms with E-state index < -0.39 is 21.8 Å². The Morgan fingerprint density at radius 3 is 2.07 bits per heavy atom. The molecule has 0 spiro atoms. The molecule has 0 amide bonds. The number of alkyl halides is 3. The van der Waals surface area contributed by atoms with Crippen LogP contribution in [0.15, 0.2) is 59.5 Å². The van der Waals surface area contributed by atoms with Crippen LogP contribution in [0.25, 0.3) is 0 Å². The Kier molecular flexibility index (Phi) is 5.88. The maximum Gasteiger partial charge on any atom is 0.416 e. The molecule has 4 nitrogen and oxygen atoms in total. The zero-order valence-corrected chi connectivity index (χ0v) is 15.6. The molecule has 27 heavy (non-hydrogen) atoms. The van der Waals surface area contributed by atoms with Crippen molar-refractivity contribution in [3.63, 3.8) is 0 Å². The van der Waals surface area contributed by atoms with Gasteiger partial charge in [-0.15, -0.1) is 0 Å². The second-order valence-corrected chi connectivity index (χ2v) is 8.60. The average molecular weight is 399 g/mol. The van der Waals surface area contributed by atoms with Crippen molar-refractivity contribution in [3.8, 4) is 0 Å². The van der Waals surface area contributed by atoms with E-state index in [1.54, 1.807) is 0 Å². The SMILES string of the molecule is O=S(=O)(c1ccc(C(F)(F)F)cc1)N1CC[NH+](CCc2ccccc2)CC1. The predicted octanol–water partition coefficient (Wildman–Crippen LogP) is 1.84. The summed E-state index contributed by atoms with van der Waals surface area (Å²) in [5.74, 6) is 0. The Morgan fingerprint density at radius 1 is 0.926 bits per heavy atom. The monoisotopic (exact) mass is 399 g/mol. The van der Waals surface area contributed by atoms with Crippen molar-refractivity contribution in [3.05, 3.63) is 65.7 Å². The lowest BCUT2D eigenvalue weighted by Crippen LogP contribution is -3.15. The number of quaternary nitrogens is 1. The van der Waals surface area contributed by atoms with Crippen molar-refractivity contribution in [2.75, 3.05) is 32.7 Å². The Bertz CT molecular complexity index is 845. The van der Waals surface area contributed by atoms with Gasteiger partial charge in [-0.2, -0.15) is 17.5 Å². The molecule has 8 heteroatoms. The molecular formula is C19H22F3N2O2S+. The molecule has 1 fully saturated rings. The topological polar surface area (TPSA) is 41.8 Å². The lowest BCUT2D eigenvalue weighted by molar-refractivity contribution is -0.903. The maximum atomic E-state index is 12.7. The minimum atomic E-state index is -4.48. The molecule has 0 aliphatic carbocycles. The smallest absolute Gasteiger partial charge is 0.332 e. The first-order valence-corrected chi connectivity index (χ1v) is 10.3. The van der Waals surface area contributed by atoms with E-state index in [0.717, 1.165) is 37.2 Å². The molecule has 1 N–H and O–H groups in total. The first kappa shape index (κ1) is 19.9. The summed E-state index contributed by atoms with van der Waals surface area (Å²) in [6.07, 6.45) is -3.54. The van der Waals surface area contributed by atoms with Crippen molar-refractivity contribution >= 4 is 10.0 Å². The number of sulfonamides is 1. The van der Waals surface area contributed by atoms with Gasteiger partial charge in [0.2, 0.25) is 10.0 Å². The lowest BCUT2D eigenvalue weighted by atomic mass is 10.1. The molecule has 0 unspecified atom stereocenters. The van der Waals surface area contributed by atoms with Crippen molar-refractivity contribution in [1.29, 1.82) is 0 Å². The minimum absolute atomic E-state index is 0.0942. The summed E-state index contributed by atoms with van der Waals surface area (Å²) < 4.78 is 64.6. The van der Waals surface area contributed by atoms with Crippen LogP contribution in [0.2, 0.25) is 0 Å². The zero-order chi connectivity index (χ0) is 19.5. The molecule has 2 aromatic rings.